The lowest BCUT2D eigenvalue weighted by atomic mass is 9.95. The third-order valence-electron chi connectivity index (χ3n) is 5.40. The number of hydrogen-bond acceptors (Lipinski definition) is 5. The first-order chi connectivity index (χ1) is 13.9. The first kappa shape index (κ1) is 20.8. The highest BCUT2D eigenvalue weighted by Crippen LogP contribution is 2.29. The van der Waals surface area contributed by atoms with Crippen molar-refractivity contribution in [2.75, 3.05) is 36.5 Å². The van der Waals surface area contributed by atoms with Crippen molar-refractivity contribution < 1.29 is 23.9 Å². The van der Waals surface area contributed by atoms with Gasteiger partial charge in [0, 0.05) is 44.4 Å². The van der Waals surface area contributed by atoms with Gasteiger partial charge in [0.15, 0.2) is 0 Å². The van der Waals surface area contributed by atoms with Gasteiger partial charge in [0.2, 0.25) is 17.7 Å². The average Bonchev–Trinajstić information content (AvgIpc) is 3.09. The summed E-state index contributed by atoms with van der Waals surface area (Å²) < 4.78 is 5.07. The molecule has 0 saturated carbocycles. The van der Waals surface area contributed by atoms with Crippen LogP contribution in [0.5, 0.6) is 0 Å². The van der Waals surface area contributed by atoms with E-state index >= 15 is 0 Å². The van der Waals surface area contributed by atoms with E-state index in [0.717, 1.165) is 0 Å². The minimum atomic E-state index is -0.378. The molecule has 2 heterocycles. The van der Waals surface area contributed by atoms with Gasteiger partial charge in [0.05, 0.1) is 18.4 Å². The van der Waals surface area contributed by atoms with E-state index in [1.165, 1.54) is 6.92 Å². The van der Waals surface area contributed by atoms with E-state index in [-0.39, 0.29) is 41.9 Å². The van der Waals surface area contributed by atoms with E-state index in [4.69, 9.17) is 4.74 Å². The van der Waals surface area contributed by atoms with E-state index < -0.39 is 0 Å². The molecule has 1 aromatic carbocycles. The van der Waals surface area contributed by atoms with Crippen LogP contribution in [0.4, 0.5) is 11.4 Å². The molecule has 29 heavy (non-hydrogen) atoms. The number of anilines is 2. The number of hydrogen-bond donors (Lipinski definition) is 1. The van der Waals surface area contributed by atoms with Crippen molar-refractivity contribution in [1.29, 1.82) is 0 Å². The molecule has 1 unspecified atom stereocenters. The summed E-state index contributed by atoms with van der Waals surface area (Å²) in [6.07, 6.45) is 1.38. The van der Waals surface area contributed by atoms with Gasteiger partial charge in [-0.15, -0.1) is 0 Å². The molecule has 3 rings (SSSR count). The Balaban J connectivity index is 1.56. The Bertz CT molecular complexity index is 784. The van der Waals surface area contributed by atoms with E-state index in [2.05, 4.69) is 5.32 Å². The van der Waals surface area contributed by atoms with Crippen molar-refractivity contribution in [1.82, 2.24) is 4.90 Å². The second-order valence-corrected chi connectivity index (χ2v) is 7.49. The van der Waals surface area contributed by atoms with Gasteiger partial charge < -0.3 is 19.9 Å². The Labute approximate surface area is 170 Å². The summed E-state index contributed by atoms with van der Waals surface area (Å²) in [5.41, 5.74) is 1.37. The van der Waals surface area contributed by atoms with Gasteiger partial charge in [-0.3, -0.25) is 19.2 Å². The summed E-state index contributed by atoms with van der Waals surface area (Å²) in [6, 6.07) is 7.00. The van der Waals surface area contributed by atoms with Gasteiger partial charge in [-0.1, -0.05) is 0 Å². The van der Waals surface area contributed by atoms with Crippen LogP contribution in [-0.4, -0.2) is 54.8 Å². The molecule has 1 atom stereocenters. The van der Waals surface area contributed by atoms with Gasteiger partial charge in [0.1, 0.15) is 0 Å². The standard InChI is InChI=1S/C21H27N3O5/c1-3-29-21(28)15-8-10-23(11-9-15)20(27)16-12-19(26)24(13-16)18-6-4-17(5-7-18)22-14(2)25/h4-7,15-16H,3,8-13H2,1-2H3,(H,22,25). The van der Waals surface area contributed by atoms with Crippen molar-refractivity contribution in [3.05, 3.63) is 24.3 Å². The molecule has 0 spiro atoms. The maximum Gasteiger partial charge on any atom is 0.309 e. The van der Waals surface area contributed by atoms with Crippen molar-refractivity contribution in [3.8, 4) is 0 Å². The molecule has 2 aliphatic heterocycles. The monoisotopic (exact) mass is 401 g/mol. The topological polar surface area (TPSA) is 96.0 Å². The highest BCUT2D eigenvalue weighted by Gasteiger charge is 2.38. The first-order valence-electron chi connectivity index (χ1n) is 10.0. The summed E-state index contributed by atoms with van der Waals surface area (Å²) in [6.45, 7) is 4.95. The third kappa shape index (κ3) is 4.93. The maximum absolute atomic E-state index is 12.9. The quantitative estimate of drug-likeness (QED) is 0.759. The Kier molecular flexibility index (Phi) is 6.51. The molecule has 0 bridgehead atoms. The second-order valence-electron chi connectivity index (χ2n) is 7.49. The first-order valence-corrected chi connectivity index (χ1v) is 10.0. The molecular formula is C21H27N3O5. The van der Waals surface area contributed by atoms with E-state index in [0.29, 0.717) is 50.5 Å². The van der Waals surface area contributed by atoms with Crippen LogP contribution in [0.25, 0.3) is 0 Å². The fourth-order valence-corrected chi connectivity index (χ4v) is 3.90. The summed E-state index contributed by atoms with van der Waals surface area (Å²) in [5.74, 6) is -0.994. The minimum absolute atomic E-state index is 0.0296. The van der Waals surface area contributed by atoms with E-state index in [1.807, 2.05) is 0 Å². The van der Waals surface area contributed by atoms with Crippen LogP contribution in [0, 0.1) is 11.8 Å². The molecule has 2 fully saturated rings. The van der Waals surface area contributed by atoms with E-state index in [1.54, 1.807) is 41.0 Å². The molecule has 156 valence electrons. The van der Waals surface area contributed by atoms with Crippen LogP contribution < -0.4 is 10.2 Å². The Morgan fingerprint density at radius 3 is 2.34 bits per heavy atom. The number of ether oxygens (including phenoxy) is 1. The molecule has 8 heteroatoms. The summed E-state index contributed by atoms with van der Waals surface area (Å²) in [7, 11) is 0. The highest BCUT2D eigenvalue weighted by molar-refractivity contribution is 6.00. The minimum Gasteiger partial charge on any atom is -0.466 e. The molecule has 0 aliphatic carbocycles. The molecule has 0 aromatic heterocycles. The number of benzene rings is 1. The van der Waals surface area contributed by atoms with Crippen molar-refractivity contribution in [2.24, 2.45) is 11.8 Å². The fraction of sp³-hybridized carbons (Fsp3) is 0.524. The van der Waals surface area contributed by atoms with Crippen molar-refractivity contribution >= 4 is 35.1 Å². The predicted octanol–water partition coefficient (Wildman–Crippen LogP) is 1.80. The number of esters is 1. The van der Waals surface area contributed by atoms with E-state index in [9.17, 15) is 19.2 Å². The van der Waals surface area contributed by atoms with Crippen LogP contribution in [0.1, 0.15) is 33.1 Å². The second kappa shape index (κ2) is 9.07. The van der Waals surface area contributed by atoms with Gasteiger partial charge in [-0.25, -0.2) is 0 Å². The Hall–Kier alpha value is -2.90. The molecule has 2 aliphatic rings. The summed E-state index contributed by atoms with van der Waals surface area (Å²) in [5, 5.41) is 2.69. The predicted molar refractivity (Wildman–Crippen MR) is 107 cm³/mol. The van der Waals surface area contributed by atoms with Gasteiger partial charge in [-0.05, 0) is 44.0 Å². The number of carbonyl (C=O) groups is 4. The van der Waals surface area contributed by atoms with Crippen molar-refractivity contribution in [3.63, 3.8) is 0 Å². The molecule has 2 saturated heterocycles. The number of amides is 3. The largest absolute Gasteiger partial charge is 0.466 e. The number of piperidine rings is 1. The molecular weight excluding hydrogens is 374 g/mol. The fourth-order valence-electron chi connectivity index (χ4n) is 3.90. The number of nitrogens with one attached hydrogen (secondary N) is 1. The summed E-state index contributed by atoms with van der Waals surface area (Å²) >= 11 is 0. The van der Waals surface area contributed by atoms with Crippen LogP contribution in [0.2, 0.25) is 0 Å². The SMILES string of the molecule is CCOC(=O)C1CCN(C(=O)C2CC(=O)N(c3ccc(NC(C)=O)cc3)C2)CC1. The zero-order valence-electron chi connectivity index (χ0n) is 16.8. The smallest absolute Gasteiger partial charge is 0.309 e. The lowest BCUT2D eigenvalue weighted by molar-refractivity contribution is -0.151. The van der Waals surface area contributed by atoms with Gasteiger partial charge >= 0.3 is 5.97 Å². The molecule has 8 nitrogen and oxygen atoms in total. The number of nitrogens with zero attached hydrogens (tertiary/aromatic N) is 2. The highest BCUT2D eigenvalue weighted by atomic mass is 16.5. The van der Waals surface area contributed by atoms with Crippen LogP contribution in [0.15, 0.2) is 24.3 Å². The van der Waals surface area contributed by atoms with Crippen LogP contribution in [-0.2, 0) is 23.9 Å². The zero-order chi connectivity index (χ0) is 21.0. The third-order valence-corrected chi connectivity index (χ3v) is 5.40. The van der Waals surface area contributed by atoms with Crippen molar-refractivity contribution in [2.45, 2.75) is 33.1 Å². The molecule has 3 amide bonds. The Morgan fingerprint density at radius 2 is 1.76 bits per heavy atom. The number of carbonyl (C=O) groups excluding carboxylic acids is 4. The normalized spacial score (nSPS) is 19.9. The molecule has 1 aromatic rings. The zero-order valence-corrected chi connectivity index (χ0v) is 16.8. The Morgan fingerprint density at radius 1 is 1.10 bits per heavy atom. The molecule has 0 radical (unpaired) electrons. The molecule has 1 N–H and O–H groups in total. The lowest BCUT2D eigenvalue weighted by Crippen LogP contribution is -2.44. The maximum atomic E-state index is 12.9. The number of likely N-dealkylation sites (tertiary alicyclic amines) is 1. The lowest BCUT2D eigenvalue weighted by Gasteiger charge is -2.32. The van der Waals surface area contributed by atoms with Crippen LogP contribution >= 0.6 is 0 Å². The number of rotatable bonds is 5. The van der Waals surface area contributed by atoms with Gasteiger partial charge in [-0.2, -0.15) is 0 Å². The average molecular weight is 401 g/mol. The van der Waals surface area contributed by atoms with Crippen LogP contribution in [0.3, 0.4) is 0 Å². The summed E-state index contributed by atoms with van der Waals surface area (Å²) in [4.78, 5) is 51.7. The van der Waals surface area contributed by atoms with Gasteiger partial charge in [0.25, 0.3) is 0 Å².